The zero-order chi connectivity index (χ0) is 14.4. The maximum absolute atomic E-state index is 13.2. The van der Waals surface area contributed by atoms with Crippen LogP contribution in [0, 0.1) is 5.82 Å². The molecule has 0 saturated heterocycles. The first-order valence-corrected chi connectivity index (χ1v) is 5.71. The molecule has 0 aliphatic carbocycles. The molecule has 19 heavy (non-hydrogen) atoms. The first-order valence-electron chi connectivity index (χ1n) is 5.71. The molecule has 0 saturated carbocycles. The van der Waals surface area contributed by atoms with Crippen molar-refractivity contribution in [2.24, 2.45) is 0 Å². The van der Waals surface area contributed by atoms with E-state index in [-0.39, 0.29) is 30.4 Å². The molecule has 0 spiro atoms. The van der Waals surface area contributed by atoms with E-state index in [2.05, 4.69) is 10.6 Å². The first-order chi connectivity index (χ1) is 8.93. The van der Waals surface area contributed by atoms with E-state index in [1.54, 1.807) is 14.1 Å². The molecule has 0 aliphatic heterocycles. The lowest BCUT2D eigenvalue weighted by Crippen LogP contribution is -2.39. The summed E-state index contributed by atoms with van der Waals surface area (Å²) in [6, 6.07) is 3.78. The average molecular weight is 268 g/mol. The lowest BCUT2D eigenvalue weighted by Gasteiger charge is -2.12. The van der Waals surface area contributed by atoms with Crippen molar-refractivity contribution in [1.82, 2.24) is 15.5 Å². The lowest BCUT2D eigenvalue weighted by atomic mass is 10.1. The number of nitrogens with zero attached hydrogens (tertiary/aromatic N) is 1. The standard InChI is InChI=1S/C12H17FN4O2/c1-17(2)12(19)16-7-6-15-11(18)8-4-3-5-9(13)10(8)14/h3-5H,6-7,14H2,1-2H3,(H,15,18)(H,16,19). The molecule has 3 amide bonds. The summed E-state index contributed by atoms with van der Waals surface area (Å²) in [5.74, 6) is -1.11. The first kappa shape index (κ1) is 14.7. The summed E-state index contributed by atoms with van der Waals surface area (Å²) < 4.78 is 13.2. The summed E-state index contributed by atoms with van der Waals surface area (Å²) >= 11 is 0. The number of amides is 3. The van der Waals surface area contributed by atoms with Gasteiger partial charge in [-0.1, -0.05) is 6.07 Å². The van der Waals surface area contributed by atoms with Crippen LogP contribution in [0.25, 0.3) is 0 Å². The van der Waals surface area contributed by atoms with E-state index in [0.29, 0.717) is 0 Å². The fourth-order valence-electron chi connectivity index (χ4n) is 1.33. The number of benzene rings is 1. The third-order valence-electron chi connectivity index (χ3n) is 2.39. The predicted molar refractivity (Wildman–Crippen MR) is 70.2 cm³/mol. The van der Waals surface area contributed by atoms with E-state index >= 15 is 0 Å². The minimum absolute atomic E-state index is 0.0823. The van der Waals surface area contributed by atoms with E-state index in [0.717, 1.165) is 0 Å². The number of nitrogens with one attached hydrogen (secondary N) is 2. The van der Waals surface area contributed by atoms with Gasteiger partial charge in [-0.25, -0.2) is 9.18 Å². The van der Waals surface area contributed by atoms with E-state index in [1.165, 1.54) is 23.1 Å². The molecule has 0 bridgehead atoms. The number of hydrogen-bond donors (Lipinski definition) is 3. The number of nitrogen functional groups attached to an aromatic ring is 1. The van der Waals surface area contributed by atoms with E-state index in [9.17, 15) is 14.0 Å². The molecule has 1 aromatic carbocycles. The van der Waals surface area contributed by atoms with Gasteiger partial charge in [-0.3, -0.25) is 4.79 Å². The van der Waals surface area contributed by atoms with Gasteiger partial charge in [0, 0.05) is 27.2 Å². The second kappa shape index (κ2) is 6.58. The summed E-state index contributed by atoms with van der Waals surface area (Å²) in [7, 11) is 3.22. The smallest absolute Gasteiger partial charge is 0.316 e. The van der Waals surface area contributed by atoms with Gasteiger partial charge < -0.3 is 21.3 Å². The average Bonchev–Trinajstić information content (AvgIpc) is 2.37. The van der Waals surface area contributed by atoms with Crippen LogP contribution >= 0.6 is 0 Å². The molecule has 1 rings (SSSR count). The SMILES string of the molecule is CN(C)C(=O)NCCNC(=O)c1cccc(F)c1N. The topological polar surface area (TPSA) is 87.5 Å². The molecule has 6 nitrogen and oxygen atoms in total. The zero-order valence-electron chi connectivity index (χ0n) is 10.9. The number of hydrogen-bond acceptors (Lipinski definition) is 3. The number of para-hydroxylation sites is 1. The van der Waals surface area contributed by atoms with Gasteiger partial charge in [0.05, 0.1) is 11.3 Å². The van der Waals surface area contributed by atoms with Crippen molar-refractivity contribution in [3.05, 3.63) is 29.6 Å². The summed E-state index contributed by atoms with van der Waals surface area (Å²) in [6.45, 7) is 0.506. The van der Waals surface area contributed by atoms with Crippen molar-refractivity contribution >= 4 is 17.6 Å². The van der Waals surface area contributed by atoms with Crippen LogP contribution in [-0.4, -0.2) is 44.0 Å². The number of carbonyl (C=O) groups excluding carboxylic acids is 2. The number of nitrogens with two attached hydrogens (primary N) is 1. The Morgan fingerprint density at radius 3 is 2.53 bits per heavy atom. The Morgan fingerprint density at radius 1 is 1.26 bits per heavy atom. The fourth-order valence-corrected chi connectivity index (χ4v) is 1.33. The maximum Gasteiger partial charge on any atom is 0.316 e. The molecule has 0 aromatic heterocycles. The Kier molecular flexibility index (Phi) is 5.11. The third-order valence-corrected chi connectivity index (χ3v) is 2.39. The Bertz CT molecular complexity index is 477. The van der Waals surface area contributed by atoms with Crippen LogP contribution in [0.1, 0.15) is 10.4 Å². The van der Waals surface area contributed by atoms with Gasteiger partial charge in [-0.15, -0.1) is 0 Å². The summed E-state index contributed by atoms with van der Waals surface area (Å²) in [5.41, 5.74) is 5.36. The molecule has 4 N–H and O–H groups in total. The van der Waals surface area contributed by atoms with Crippen LogP contribution in [0.4, 0.5) is 14.9 Å². The highest BCUT2D eigenvalue weighted by Crippen LogP contribution is 2.15. The number of carbonyl (C=O) groups is 2. The number of rotatable bonds is 4. The molecular weight excluding hydrogens is 251 g/mol. The molecule has 0 fully saturated rings. The Labute approximate surface area is 110 Å². The van der Waals surface area contributed by atoms with Crippen LogP contribution < -0.4 is 16.4 Å². The molecule has 1 aromatic rings. The van der Waals surface area contributed by atoms with Gasteiger partial charge >= 0.3 is 6.03 Å². The van der Waals surface area contributed by atoms with Gasteiger partial charge in [-0.2, -0.15) is 0 Å². The highest BCUT2D eigenvalue weighted by molar-refractivity contribution is 5.99. The Morgan fingerprint density at radius 2 is 1.89 bits per heavy atom. The van der Waals surface area contributed by atoms with Crippen molar-refractivity contribution in [2.45, 2.75) is 0 Å². The van der Waals surface area contributed by atoms with Crippen LogP contribution in [0.5, 0.6) is 0 Å². The van der Waals surface area contributed by atoms with E-state index in [4.69, 9.17) is 5.73 Å². The summed E-state index contributed by atoms with van der Waals surface area (Å²) in [6.07, 6.45) is 0. The van der Waals surface area contributed by atoms with Crippen molar-refractivity contribution in [3.63, 3.8) is 0 Å². The Hall–Kier alpha value is -2.31. The minimum Gasteiger partial charge on any atom is -0.396 e. The van der Waals surface area contributed by atoms with E-state index in [1.807, 2.05) is 0 Å². The molecule has 0 aliphatic rings. The molecule has 7 heteroatoms. The summed E-state index contributed by atoms with van der Waals surface area (Å²) in [5, 5.41) is 5.12. The Balaban J connectivity index is 2.44. The van der Waals surface area contributed by atoms with Crippen molar-refractivity contribution in [3.8, 4) is 0 Å². The number of halogens is 1. The van der Waals surface area contributed by atoms with Gasteiger partial charge in [0.25, 0.3) is 5.91 Å². The summed E-state index contributed by atoms with van der Waals surface area (Å²) in [4.78, 5) is 24.3. The molecule has 0 heterocycles. The third kappa shape index (κ3) is 4.13. The minimum atomic E-state index is -0.631. The quantitative estimate of drug-likeness (QED) is 0.546. The van der Waals surface area contributed by atoms with Crippen LogP contribution in [0.15, 0.2) is 18.2 Å². The number of urea groups is 1. The van der Waals surface area contributed by atoms with Crippen LogP contribution in [-0.2, 0) is 0 Å². The fraction of sp³-hybridized carbons (Fsp3) is 0.333. The van der Waals surface area contributed by atoms with Gasteiger partial charge in [-0.05, 0) is 12.1 Å². The molecule has 0 unspecified atom stereocenters. The highest BCUT2D eigenvalue weighted by atomic mass is 19.1. The van der Waals surface area contributed by atoms with Crippen molar-refractivity contribution in [1.29, 1.82) is 0 Å². The highest BCUT2D eigenvalue weighted by Gasteiger charge is 2.11. The van der Waals surface area contributed by atoms with Gasteiger partial charge in [0.2, 0.25) is 0 Å². The monoisotopic (exact) mass is 268 g/mol. The second-order valence-corrected chi connectivity index (χ2v) is 4.08. The second-order valence-electron chi connectivity index (χ2n) is 4.08. The largest absolute Gasteiger partial charge is 0.396 e. The van der Waals surface area contributed by atoms with E-state index < -0.39 is 11.7 Å². The van der Waals surface area contributed by atoms with Crippen LogP contribution in [0.2, 0.25) is 0 Å². The zero-order valence-corrected chi connectivity index (χ0v) is 10.9. The van der Waals surface area contributed by atoms with Gasteiger partial charge in [0.15, 0.2) is 0 Å². The maximum atomic E-state index is 13.2. The molecule has 0 atom stereocenters. The molecule has 0 radical (unpaired) electrons. The van der Waals surface area contributed by atoms with Gasteiger partial charge in [0.1, 0.15) is 5.82 Å². The predicted octanol–water partition coefficient (Wildman–Crippen LogP) is 0.409. The van der Waals surface area contributed by atoms with Crippen molar-refractivity contribution in [2.75, 3.05) is 32.9 Å². The lowest BCUT2D eigenvalue weighted by molar-refractivity contribution is 0.0954. The molecule has 104 valence electrons. The normalized spacial score (nSPS) is 9.84. The number of anilines is 1. The molecular formula is C12H17FN4O2. The van der Waals surface area contributed by atoms with Crippen molar-refractivity contribution < 1.29 is 14.0 Å². The van der Waals surface area contributed by atoms with Crippen LogP contribution in [0.3, 0.4) is 0 Å².